The van der Waals surface area contributed by atoms with Gasteiger partial charge in [0.05, 0.1) is 34.5 Å². The SMILES string of the molecule is C=C[C@@H]1C[C@]1(NC(=O)[C@@H]1C[C@@H](NC(=O)c2cc(-c3ccccc3)nc3ccccc23)CN1C(=O)[C@@H](CC(=O)N1CCCC(F)(F)C1)C(C)(C)C)C(=O)NS(=O)(=O)C1CC1. The fourth-order valence-corrected chi connectivity index (χ4v) is 9.65. The van der Waals surface area contributed by atoms with Crippen LogP contribution in [0.4, 0.5) is 8.78 Å². The molecule has 2 aliphatic carbocycles. The van der Waals surface area contributed by atoms with E-state index in [1.165, 1.54) is 11.0 Å². The number of carbonyl (C=O) groups is 5. The minimum absolute atomic E-state index is 0.0769. The quantitative estimate of drug-likeness (QED) is 0.223. The predicted octanol–water partition coefficient (Wildman–Crippen LogP) is 4.58. The van der Waals surface area contributed by atoms with Crippen LogP contribution in [0.3, 0.4) is 0 Å². The number of rotatable bonds is 12. The van der Waals surface area contributed by atoms with Gasteiger partial charge in [-0.25, -0.2) is 22.2 Å². The smallest absolute Gasteiger partial charge is 0.265 e. The van der Waals surface area contributed by atoms with Gasteiger partial charge in [-0.1, -0.05) is 75.4 Å². The van der Waals surface area contributed by atoms with E-state index < -0.39 is 98.6 Å². The van der Waals surface area contributed by atoms with Crippen LogP contribution in [0, 0.1) is 17.3 Å². The molecule has 2 saturated heterocycles. The number of pyridine rings is 1. The van der Waals surface area contributed by atoms with E-state index in [0.717, 1.165) is 10.5 Å². The number of aromatic nitrogens is 1. The van der Waals surface area contributed by atoms with Gasteiger partial charge in [-0.05, 0) is 49.7 Å². The van der Waals surface area contributed by atoms with Gasteiger partial charge in [0.15, 0.2) is 0 Å². The molecule has 1 aromatic heterocycles. The van der Waals surface area contributed by atoms with Crippen LogP contribution in [0.25, 0.3) is 22.2 Å². The molecule has 314 valence electrons. The predicted molar refractivity (Wildman–Crippen MR) is 216 cm³/mol. The molecule has 7 rings (SSSR count). The van der Waals surface area contributed by atoms with Crippen LogP contribution in [0.2, 0.25) is 0 Å². The second kappa shape index (κ2) is 15.7. The first kappa shape index (κ1) is 41.9. The molecular weight excluding hydrogens is 783 g/mol. The van der Waals surface area contributed by atoms with Gasteiger partial charge in [-0.2, -0.15) is 0 Å². The van der Waals surface area contributed by atoms with Gasteiger partial charge in [0.25, 0.3) is 17.7 Å². The summed E-state index contributed by atoms with van der Waals surface area (Å²) in [6.07, 6.45) is 1.67. The lowest BCUT2D eigenvalue weighted by Crippen LogP contribution is -2.57. The van der Waals surface area contributed by atoms with Crippen molar-refractivity contribution in [3.05, 3.63) is 78.9 Å². The van der Waals surface area contributed by atoms with E-state index in [2.05, 4.69) is 21.9 Å². The van der Waals surface area contributed by atoms with Crippen molar-refractivity contribution in [3.63, 3.8) is 0 Å². The molecule has 0 spiro atoms. The van der Waals surface area contributed by atoms with Gasteiger partial charge in [-0.15, -0.1) is 6.58 Å². The number of nitrogens with one attached hydrogen (secondary N) is 3. The maximum absolute atomic E-state index is 14.8. The highest BCUT2D eigenvalue weighted by Crippen LogP contribution is 2.46. The fraction of sp³-hybridized carbons (Fsp3) is 0.488. The van der Waals surface area contributed by atoms with Crippen molar-refractivity contribution < 1.29 is 41.2 Å². The maximum atomic E-state index is 14.8. The Hall–Kier alpha value is -5.25. The zero-order valence-corrected chi connectivity index (χ0v) is 34.2. The lowest BCUT2D eigenvalue weighted by molar-refractivity contribution is -0.151. The molecule has 3 heterocycles. The summed E-state index contributed by atoms with van der Waals surface area (Å²) in [4.78, 5) is 77.7. The van der Waals surface area contributed by atoms with Gasteiger partial charge >= 0.3 is 0 Å². The van der Waals surface area contributed by atoms with Gasteiger partial charge in [-0.3, -0.25) is 28.7 Å². The number of carbonyl (C=O) groups excluding carboxylic acids is 5. The topological polar surface area (TPSA) is 175 Å². The number of likely N-dealkylation sites (tertiary alicyclic amines) is 2. The minimum atomic E-state index is -3.97. The molecule has 2 saturated carbocycles. The number of fused-ring (bicyclic) bond motifs is 1. The first-order chi connectivity index (χ1) is 27.8. The van der Waals surface area contributed by atoms with Crippen molar-refractivity contribution in [2.75, 3.05) is 19.6 Å². The van der Waals surface area contributed by atoms with Gasteiger partial charge in [0.2, 0.25) is 27.7 Å². The molecule has 0 unspecified atom stereocenters. The van der Waals surface area contributed by atoms with E-state index >= 15 is 0 Å². The molecule has 16 heteroatoms. The molecule has 5 amide bonds. The van der Waals surface area contributed by atoms with Crippen molar-refractivity contribution in [1.29, 1.82) is 0 Å². The number of hydrogen-bond acceptors (Lipinski definition) is 8. The van der Waals surface area contributed by atoms with E-state index in [1.54, 1.807) is 45.0 Å². The Labute approximate surface area is 342 Å². The first-order valence-corrected chi connectivity index (χ1v) is 21.6. The molecule has 4 fully saturated rings. The average molecular weight is 833 g/mol. The van der Waals surface area contributed by atoms with E-state index in [4.69, 9.17) is 4.98 Å². The second-order valence-corrected chi connectivity index (χ2v) is 19.4. The maximum Gasteiger partial charge on any atom is 0.265 e. The fourth-order valence-electron chi connectivity index (χ4n) is 8.28. The summed E-state index contributed by atoms with van der Waals surface area (Å²) in [7, 11) is -3.97. The Balaban J connectivity index is 1.18. The molecule has 0 radical (unpaired) electrons. The number of para-hydroxylation sites is 1. The largest absolute Gasteiger partial charge is 0.347 e. The first-order valence-electron chi connectivity index (χ1n) is 20.0. The van der Waals surface area contributed by atoms with Crippen LogP contribution in [0.15, 0.2) is 73.3 Å². The molecular formula is C43H50F2N6O7S. The van der Waals surface area contributed by atoms with Crippen molar-refractivity contribution in [3.8, 4) is 11.3 Å². The number of hydrogen-bond donors (Lipinski definition) is 3. The molecule has 13 nitrogen and oxygen atoms in total. The Morgan fingerprint density at radius 2 is 1.73 bits per heavy atom. The number of nitrogens with zero attached hydrogens (tertiary/aromatic N) is 3. The highest BCUT2D eigenvalue weighted by molar-refractivity contribution is 7.91. The summed E-state index contributed by atoms with van der Waals surface area (Å²) in [5, 5.41) is 5.65. The monoisotopic (exact) mass is 832 g/mol. The number of amides is 5. The van der Waals surface area contributed by atoms with Crippen molar-refractivity contribution in [2.24, 2.45) is 17.3 Å². The van der Waals surface area contributed by atoms with E-state index in [9.17, 15) is 41.2 Å². The molecule has 5 atom stereocenters. The highest BCUT2D eigenvalue weighted by atomic mass is 32.2. The highest BCUT2D eigenvalue weighted by Gasteiger charge is 2.62. The zero-order valence-electron chi connectivity index (χ0n) is 33.4. The van der Waals surface area contributed by atoms with Crippen LogP contribution in [-0.2, 0) is 29.2 Å². The van der Waals surface area contributed by atoms with Crippen LogP contribution in [0.1, 0.15) is 76.1 Å². The standard InChI is InChI=1S/C43H50F2N6O7S/c1-5-27-23-43(27,40(56)49-59(57,58)29-16-17-29)48-38(54)35-20-28(24-51(35)39(55)32(41(2,3)4)22-36(52)50-19-11-18-42(44,45)25-50)46-37(53)31-21-34(26-12-7-6-8-13-26)47-33-15-10-9-14-30(31)33/h5-10,12-15,21,27-29,32,35H,1,11,16-20,22-25H2,2-4H3,(H,46,53)(H,48,54)(H,49,56)/t27-,28-,32-,35+,43-/m1/s1. The summed E-state index contributed by atoms with van der Waals surface area (Å²) >= 11 is 0. The van der Waals surface area contributed by atoms with Crippen molar-refractivity contribution in [2.45, 2.75) is 94.5 Å². The van der Waals surface area contributed by atoms with E-state index in [-0.39, 0.29) is 38.8 Å². The second-order valence-electron chi connectivity index (χ2n) is 17.4. The van der Waals surface area contributed by atoms with Crippen LogP contribution in [-0.4, -0.2) is 101 Å². The number of alkyl halides is 2. The van der Waals surface area contributed by atoms with Crippen LogP contribution >= 0.6 is 0 Å². The molecule has 4 aliphatic rings. The van der Waals surface area contributed by atoms with Gasteiger partial charge in [0.1, 0.15) is 11.6 Å². The van der Waals surface area contributed by atoms with E-state index in [0.29, 0.717) is 35.0 Å². The van der Waals surface area contributed by atoms with Gasteiger partial charge < -0.3 is 20.4 Å². The molecule has 3 aromatic rings. The number of halogens is 2. The van der Waals surface area contributed by atoms with E-state index in [1.807, 2.05) is 36.4 Å². The third-order valence-corrected chi connectivity index (χ3v) is 13.8. The van der Waals surface area contributed by atoms with Crippen LogP contribution < -0.4 is 15.4 Å². The number of piperidine rings is 1. The number of sulfonamides is 1. The lowest BCUT2D eigenvalue weighted by Gasteiger charge is -2.37. The molecule has 59 heavy (non-hydrogen) atoms. The summed E-state index contributed by atoms with van der Waals surface area (Å²) < 4.78 is 56.4. The summed E-state index contributed by atoms with van der Waals surface area (Å²) in [5.41, 5.74) is -0.265. The third kappa shape index (κ3) is 8.87. The normalized spacial score (nSPS) is 24.5. The Kier molecular flexibility index (Phi) is 11.2. The molecule has 3 N–H and O–H groups in total. The van der Waals surface area contributed by atoms with Gasteiger partial charge in [0, 0.05) is 48.8 Å². The van der Waals surface area contributed by atoms with Crippen LogP contribution in [0.5, 0.6) is 0 Å². The zero-order chi connectivity index (χ0) is 42.5. The molecule has 0 bridgehead atoms. The number of benzene rings is 2. The Bertz CT molecular complexity index is 2300. The Morgan fingerprint density at radius 3 is 2.37 bits per heavy atom. The summed E-state index contributed by atoms with van der Waals surface area (Å²) in [5.74, 6) is -8.05. The van der Waals surface area contributed by atoms with Crippen molar-refractivity contribution >= 4 is 50.5 Å². The minimum Gasteiger partial charge on any atom is -0.347 e. The summed E-state index contributed by atoms with van der Waals surface area (Å²) in [6, 6.07) is 16.1. The summed E-state index contributed by atoms with van der Waals surface area (Å²) in [6.45, 7) is 8.22. The van der Waals surface area contributed by atoms with Crippen molar-refractivity contribution in [1.82, 2.24) is 30.1 Å². The lowest BCUT2D eigenvalue weighted by atomic mass is 9.77. The molecule has 2 aromatic carbocycles. The molecule has 2 aliphatic heterocycles. The third-order valence-electron chi connectivity index (χ3n) is 12.0. The average Bonchev–Trinajstić information content (AvgIpc) is 4.12. The Morgan fingerprint density at radius 1 is 1.03 bits per heavy atom.